The highest BCUT2D eigenvalue weighted by molar-refractivity contribution is 6.05. The monoisotopic (exact) mass is 1990 g/mol. The third kappa shape index (κ3) is 43.2. The van der Waals surface area contributed by atoms with Gasteiger partial charge in [0.05, 0.1) is 143 Å². The van der Waals surface area contributed by atoms with E-state index in [0.717, 1.165) is 64.2 Å². The highest BCUT2D eigenvalue weighted by Gasteiger charge is 2.37. The molecule has 5 N–H and O–H groups in total. The molecule has 0 aliphatic heterocycles. The highest BCUT2D eigenvalue weighted by atomic mass is 16.6. The molecule has 788 valence electrons. The molecule has 0 saturated heterocycles. The molecule has 2 aliphatic carbocycles. The number of rotatable bonds is 42. The van der Waals surface area contributed by atoms with Crippen LogP contribution in [0.5, 0.6) is 11.5 Å². The summed E-state index contributed by atoms with van der Waals surface area (Å²) in [7, 11) is 8.02. The van der Waals surface area contributed by atoms with Crippen molar-refractivity contribution >= 4 is 107 Å². The summed E-state index contributed by atoms with van der Waals surface area (Å²) < 4.78 is 74.1. The van der Waals surface area contributed by atoms with Gasteiger partial charge in [0, 0.05) is 39.4 Å². The molecule has 0 radical (unpaired) electrons. The number of benzene rings is 4. The molecule has 1 unspecified atom stereocenters. The molecular weight excluding hydrogens is 1830 g/mol. The summed E-state index contributed by atoms with van der Waals surface area (Å²) >= 11 is 0. The molecule has 141 heavy (non-hydrogen) atoms. The summed E-state index contributed by atoms with van der Waals surface area (Å²) in [5.41, 5.74) is -1.93. The van der Waals surface area contributed by atoms with Gasteiger partial charge in [0.2, 0.25) is 23.6 Å². The van der Waals surface area contributed by atoms with Crippen LogP contribution < -0.4 is 30.7 Å². The first-order valence-electron chi connectivity index (χ1n) is 47.6. The second-order valence-corrected chi connectivity index (χ2v) is 36.8. The van der Waals surface area contributed by atoms with E-state index in [1.165, 1.54) is 109 Å². The lowest BCUT2D eigenvalue weighted by Gasteiger charge is -2.31. The first kappa shape index (κ1) is 126. The van der Waals surface area contributed by atoms with E-state index in [4.69, 9.17) is 56.8 Å². The van der Waals surface area contributed by atoms with Crippen molar-refractivity contribution in [1.29, 1.82) is 0 Å². The van der Waals surface area contributed by atoms with Crippen molar-refractivity contribution in [3.05, 3.63) is 123 Å². The highest BCUT2D eigenvalue weighted by Crippen LogP contribution is 2.33. The average Bonchev–Trinajstić information content (AvgIpc) is 0.826. The van der Waals surface area contributed by atoms with Gasteiger partial charge in [-0.2, -0.15) is 0 Å². The average molecular weight is 1990 g/mol. The maximum Gasteiger partial charge on any atom is 0.342 e. The number of esters is 13. The SMILES string of the molecule is CCC(C)(C)C(=O)NC1CCC(C(=O)OC)CC1.CCC(C)(C)C(=O)Nc1cc(C(=O)OC)cc(C(=O)OC)c1.CCC(C)(C)C(=O)OCCOC(=O)c1cc(C(=O)OC)ccc1OC.CCOC(=O)C1CCC(NC(=O)C(C)(C)CC)CC1.CCOC(=O)c1cc(C(=O)OCC)cc(C(=O)OCC(O)COC(=O)C(C)(C)CC)c1.CCOC(=O)c1cc(OC)ccc1C(=O)OCCNC(=O)C(C)(C)CC. The molecule has 0 heterocycles. The molecule has 1 atom stereocenters. The Bertz CT molecular complexity index is 4730. The standard InChI is InChI=1S/C22H30O9.C19H27NO6.C18H24O7.C16H21NO5.C15H27NO3.C14H25NO3/c1-6-22(4,5)21(27)31-13-17(23)12-30-20(26)16-10-14(18(24)28-7-2)9-15(11-16)19(25)29-8-3;1-6-19(3,4)18(23)20-10-11-26-16(21)14-9-8-13(24-5)12-15(14)17(22)25-7-2;1-6-18(2,3)17(21)25-10-9-24-16(20)13-11-12(15(19)23-5)7-8-14(13)22-4;1-6-16(2,3)15(20)17-12-8-10(13(18)21-4)7-11(9-12)14(19)22-5;1-5-15(3,4)14(18)16-12-9-7-11(8-10-12)13(17)19-6-2;1-5-14(2,3)13(17)15-11-8-6-10(7-9-11)12(16)18-4/h9-11,17,23H,6-8,12-13H2,1-5H3;8-9,12H,6-7,10-11H2,1-5H3,(H,20,23);7-8,11H,6,9-10H2,1-5H3;7-9H,6H2,1-5H3,(H,17,20);11-12H,5-10H2,1-4H3,(H,16,18);10-11H,5-9H2,1-4H3,(H,15,17). The third-order valence-corrected chi connectivity index (χ3v) is 24.1. The van der Waals surface area contributed by atoms with Gasteiger partial charge in [0.25, 0.3) is 0 Å². The Morgan fingerprint density at radius 3 is 1.09 bits per heavy atom. The Balaban J connectivity index is 0.000000853. The normalized spacial score (nSPS) is 14.5. The number of aliphatic hydroxyl groups is 1. The van der Waals surface area contributed by atoms with Gasteiger partial charge in [-0.05, 0) is 218 Å². The Kier molecular flexibility index (Phi) is 56.1. The molecule has 37 nitrogen and oxygen atoms in total. The predicted molar refractivity (Wildman–Crippen MR) is 522 cm³/mol. The Morgan fingerprint density at radius 2 is 0.681 bits per heavy atom. The van der Waals surface area contributed by atoms with Gasteiger partial charge in [-0.3, -0.25) is 38.4 Å². The van der Waals surface area contributed by atoms with Gasteiger partial charge in [0.15, 0.2) is 0 Å². The van der Waals surface area contributed by atoms with Crippen LogP contribution in [0.1, 0.15) is 335 Å². The number of hydrogen-bond donors (Lipinski definition) is 5. The van der Waals surface area contributed by atoms with Crippen molar-refractivity contribution in [2.45, 2.75) is 260 Å². The van der Waals surface area contributed by atoms with E-state index in [9.17, 15) is 86.6 Å². The van der Waals surface area contributed by atoms with Crippen LogP contribution in [-0.2, 0) is 99.9 Å². The van der Waals surface area contributed by atoms with Gasteiger partial charge in [-0.15, -0.1) is 0 Å². The number of amides is 4. The van der Waals surface area contributed by atoms with Crippen molar-refractivity contribution in [1.82, 2.24) is 16.0 Å². The molecule has 37 heteroatoms. The predicted octanol–water partition coefficient (Wildman–Crippen LogP) is 15.3. The Hall–Kier alpha value is -12.6. The number of methoxy groups -OCH3 is 6. The Labute approximate surface area is 829 Å². The van der Waals surface area contributed by atoms with Crippen molar-refractivity contribution in [2.75, 3.05) is 114 Å². The van der Waals surface area contributed by atoms with E-state index in [2.05, 4.69) is 35.5 Å². The number of anilines is 1. The number of nitrogens with one attached hydrogen (secondary N) is 4. The van der Waals surface area contributed by atoms with Gasteiger partial charge >= 0.3 is 77.6 Å². The molecule has 6 rings (SSSR count). The zero-order valence-corrected chi connectivity index (χ0v) is 87.8. The lowest BCUT2D eigenvalue weighted by molar-refractivity contribution is -0.158. The smallest absolute Gasteiger partial charge is 0.342 e. The zero-order valence-electron chi connectivity index (χ0n) is 87.8. The van der Waals surface area contributed by atoms with Crippen LogP contribution in [0.3, 0.4) is 0 Å². The van der Waals surface area contributed by atoms with Crippen LogP contribution in [0.15, 0.2) is 72.8 Å². The number of carbonyl (C=O) groups excluding carboxylic acids is 17. The molecule has 4 aromatic rings. The maximum atomic E-state index is 12.4. The van der Waals surface area contributed by atoms with Crippen molar-refractivity contribution < 1.29 is 158 Å². The van der Waals surface area contributed by atoms with E-state index < -0.39 is 94.1 Å². The quantitative estimate of drug-likeness (QED) is 0.0156. The summed E-state index contributed by atoms with van der Waals surface area (Å²) in [6.07, 6.45) is 9.71. The number of hydrogen-bond acceptors (Lipinski definition) is 33. The van der Waals surface area contributed by atoms with Crippen LogP contribution >= 0.6 is 0 Å². The summed E-state index contributed by atoms with van der Waals surface area (Å²) in [5, 5.41) is 21.6. The van der Waals surface area contributed by atoms with Crippen molar-refractivity contribution in [2.24, 2.45) is 44.3 Å². The number of carbonyl (C=O) groups is 17. The van der Waals surface area contributed by atoms with E-state index in [1.54, 1.807) is 54.5 Å². The van der Waals surface area contributed by atoms with E-state index in [-0.39, 0.29) is 185 Å². The molecule has 0 aromatic heterocycles. The van der Waals surface area contributed by atoms with Crippen LogP contribution in [0.25, 0.3) is 0 Å². The summed E-state index contributed by atoms with van der Waals surface area (Å²) in [4.78, 5) is 203. The molecule has 2 saturated carbocycles. The molecule has 2 fully saturated rings. The van der Waals surface area contributed by atoms with Gasteiger partial charge in [-0.1, -0.05) is 96.9 Å². The van der Waals surface area contributed by atoms with E-state index in [0.29, 0.717) is 43.7 Å². The van der Waals surface area contributed by atoms with Crippen molar-refractivity contribution in [3.63, 3.8) is 0 Å². The lowest BCUT2D eigenvalue weighted by Crippen LogP contribution is -2.44. The van der Waals surface area contributed by atoms with E-state index >= 15 is 0 Å². The van der Waals surface area contributed by atoms with Crippen LogP contribution in [0.4, 0.5) is 5.69 Å². The lowest BCUT2D eigenvalue weighted by atomic mass is 9.84. The summed E-state index contributed by atoms with van der Waals surface area (Å²) in [6.45, 7) is 40.7. The summed E-state index contributed by atoms with van der Waals surface area (Å²) in [6, 6.07) is 17.1. The molecule has 2 aliphatic rings. The number of ether oxygens (including phenoxy) is 15. The van der Waals surface area contributed by atoms with Crippen LogP contribution in [0.2, 0.25) is 0 Å². The summed E-state index contributed by atoms with van der Waals surface area (Å²) in [5.74, 6) is -6.43. The van der Waals surface area contributed by atoms with Crippen LogP contribution in [-0.4, -0.2) is 233 Å². The number of aliphatic hydroxyl groups excluding tert-OH is 1. The minimum atomic E-state index is -1.24. The first-order chi connectivity index (χ1) is 66.1. The Morgan fingerprint density at radius 1 is 0.319 bits per heavy atom. The molecule has 4 aromatic carbocycles. The first-order valence-corrected chi connectivity index (χ1v) is 47.6. The largest absolute Gasteiger partial charge is 0.497 e. The van der Waals surface area contributed by atoms with Crippen LogP contribution in [0, 0.1) is 44.3 Å². The fourth-order valence-electron chi connectivity index (χ4n) is 12.1. The van der Waals surface area contributed by atoms with Crippen molar-refractivity contribution in [3.8, 4) is 11.5 Å². The molecule has 0 bridgehead atoms. The topological polar surface area (TPSA) is 497 Å². The second-order valence-electron chi connectivity index (χ2n) is 36.8. The fraction of sp³-hybridized carbons (Fsp3) is 0.606. The van der Waals surface area contributed by atoms with Gasteiger partial charge in [0.1, 0.15) is 56.2 Å². The fourth-order valence-corrected chi connectivity index (χ4v) is 12.1. The zero-order chi connectivity index (χ0) is 108. The molecule has 4 amide bonds. The maximum absolute atomic E-state index is 12.4. The van der Waals surface area contributed by atoms with E-state index in [1.807, 2.05) is 104 Å². The van der Waals surface area contributed by atoms with Gasteiger partial charge < -0.3 is 97.4 Å². The minimum absolute atomic E-state index is 0.00133. The minimum Gasteiger partial charge on any atom is -0.497 e. The molecule has 0 spiro atoms. The molecular formula is C104H154N4O33. The second kappa shape index (κ2) is 62.6. The van der Waals surface area contributed by atoms with Gasteiger partial charge in [-0.25, -0.2) is 43.2 Å². The third-order valence-electron chi connectivity index (χ3n) is 24.1.